The van der Waals surface area contributed by atoms with Crippen molar-refractivity contribution in [1.82, 2.24) is 10.5 Å². The van der Waals surface area contributed by atoms with E-state index in [0.29, 0.717) is 6.54 Å². The Balaban J connectivity index is 2.94. The van der Waals surface area contributed by atoms with Crippen molar-refractivity contribution < 1.29 is 14.4 Å². The summed E-state index contributed by atoms with van der Waals surface area (Å²) in [5, 5.41) is 11.0. The van der Waals surface area contributed by atoms with E-state index in [2.05, 4.69) is 10.3 Å². The first-order chi connectivity index (χ1) is 6.69. The lowest BCUT2D eigenvalue weighted by atomic mass is 10.2. The standard InChI is InChI=1S/C8H10FN3O2/c1-2-10-7-6(9)3-5(4-11-7)8(13)12-14/h3-4,14H,2H2,1H3,(H,10,11)(H,12,13). The van der Waals surface area contributed by atoms with E-state index in [1.165, 1.54) is 11.7 Å². The Morgan fingerprint density at radius 1 is 1.71 bits per heavy atom. The van der Waals surface area contributed by atoms with Gasteiger partial charge in [0.25, 0.3) is 5.91 Å². The van der Waals surface area contributed by atoms with Gasteiger partial charge in [0.2, 0.25) is 0 Å². The van der Waals surface area contributed by atoms with Gasteiger partial charge in [0, 0.05) is 12.7 Å². The third-order valence-corrected chi connectivity index (χ3v) is 1.55. The number of aromatic nitrogens is 1. The predicted molar refractivity (Wildman–Crippen MR) is 47.6 cm³/mol. The number of hydrogen-bond acceptors (Lipinski definition) is 4. The fourth-order valence-corrected chi connectivity index (χ4v) is 0.924. The highest BCUT2D eigenvalue weighted by atomic mass is 19.1. The van der Waals surface area contributed by atoms with E-state index >= 15 is 0 Å². The molecule has 1 heterocycles. The molecule has 0 fully saturated rings. The number of anilines is 1. The number of pyridine rings is 1. The molecule has 14 heavy (non-hydrogen) atoms. The highest BCUT2D eigenvalue weighted by Crippen LogP contribution is 2.11. The number of rotatable bonds is 3. The normalized spacial score (nSPS) is 9.64. The molecule has 0 unspecified atom stereocenters. The van der Waals surface area contributed by atoms with Crippen LogP contribution in [0.5, 0.6) is 0 Å². The van der Waals surface area contributed by atoms with Crippen molar-refractivity contribution in [3.8, 4) is 0 Å². The Morgan fingerprint density at radius 3 is 2.93 bits per heavy atom. The van der Waals surface area contributed by atoms with Crippen LogP contribution in [0.2, 0.25) is 0 Å². The van der Waals surface area contributed by atoms with Gasteiger partial charge in [0.05, 0.1) is 5.56 Å². The summed E-state index contributed by atoms with van der Waals surface area (Å²) in [5.74, 6) is -1.34. The van der Waals surface area contributed by atoms with Crippen LogP contribution in [-0.2, 0) is 0 Å². The Bertz CT molecular complexity index is 343. The smallest absolute Gasteiger partial charge is 0.276 e. The van der Waals surface area contributed by atoms with Gasteiger partial charge in [-0.25, -0.2) is 14.9 Å². The van der Waals surface area contributed by atoms with E-state index in [0.717, 1.165) is 6.07 Å². The molecule has 0 saturated heterocycles. The summed E-state index contributed by atoms with van der Waals surface area (Å²) in [5.41, 5.74) is 1.36. The summed E-state index contributed by atoms with van der Waals surface area (Å²) in [7, 11) is 0. The predicted octanol–water partition coefficient (Wildman–Crippen LogP) is 0.771. The Labute approximate surface area is 79.9 Å². The van der Waals surface area contributed by atoms with Crippen molar-refractivity contribution in [3.05, 3.63) is 23.6 Å². The maximum Gasteiger partial charge on any atom is 0.276 e. The van der Waals surface area contributed by atoms with Crippen molar-refractivity contribution in [3.63, 3.8) is 0 Å². The van der Waals surface area contributed by atoms with E-state index in [1.54, 1.807) is 6.92 Å². The minimum absolute atomic E-state index is 0.0355. The first kappa shape index (κ1) is 10.4. The van der Waals surface area contributed by atoms with Crippen LogP contribution < -0.4 is 10.8 Å². The largest absolute Gasteiger partial charge is 0.368 e. The lowest BCUT2D eigenvalue weighted by Crippen LogP contribution is -2.19. The van der Waals surface area contributed by atoms with Gasteiger partial charge >= 0.3 is 0 Å². The molecule has 1 amide bonds. The highest BCUT2D eigenvalue weighted by Gasteiger charge is 2.09. The van der Waals surface area contributed by atoms with E-state index in [-0.39, 0.29) is 11.4 Å². The zero-order valence-electron chi connectivity index (χ0n) is 7.54. The van der Waals surface area contributed by atoms with Crippen molar-refractivity contribution >= 4 is 11.7 Å². The number of halogens is 1. The van der Waals surface area contributed by atoms with Crippen molar-refractivity contribution in [1.29, 1.82) is 0 Å². The van der Waals surface area contributed by atoms with E-state index in [9.17, 15) is 9.18 Å². The van der Waals surface area contributed by atoms with Crippen molar-refractivity contribution in [2.45, 2.75) is 6.92 Å². The molecule has 1 aromatic rings. The topological polar surface area (TPSA) is 74.2 Å². The average molecular weight is 199 g/mol. The van der Waals surface area contributed by atoms with Gasteiger partial charge in [-0.05, 0) is 13.0 Å². The quantitative estimate of drug-likeness (QED) is 0.496. The van der Waals surface area contributed by atoms with Crippen LogP contribution in [0, 0.1) is 5.82 Å². The summed E-state index contributed by atoms with van der Waals surface area (Å²) in [4.78, 5) is 14.5. The third-order valence-electron chi connectivity index (χ3n) is 1.55. The number of hydrogen-bond donors (Lipinski definition) is 3. The maximum atomic E-state index is 13.1. The van der Waals surface area contributed by atoms with Gasteiger partial charge < -0.3 is 5.32 Å². The number of carbonyl (C=O) groups is 1. The molecule has 76 valence electrons. The Kier molecular flexibility index (Phi) is 3.35. The van der Waals surface area contributed by atoms with Crippen LogP contribution in [-0.4, -0.2) is 22.6 Å². The van der Waals surface area contributed by atoms with E-state index in [1.807, 2.05) is 0 Å². The molecule has 0 aromatic carbocycles. The molecule has 6 heteroatoms. The third kappa shape index (κ3) is 2.17. The molecule has 0 radical (unpaired) electrons. The van der Waals surface area contributed by atoms with Crippen LogP contribution >= 0.6 is 0 Å². The van der Waals surface area contributed by atoms with Crippen LogP contribution in [0.25, 0.3) is 0 Å². The summed E-state index contributed by atoms with van der Waals surface area (Å²) in [6.45, 7) is 2.34. The lowest BCUT2D eigenvalue weighted by molar-refractivity contribution is 0.0705. The van der Waals surface area contributed by atoms with Crippen LogP contribution in [0.15, 0.2) is 12.3 Å². The van der Waals surface area contributed by atoms with Crippen LogP contribution in [0.3, 0.4) is 0 Å². The van der Waals surface area contributed by atoms with E-state index < -0.39 is 11.7 Å². The van der Waals surface area contributed by atoms with Gasteiger partial charge in [0.15, 0.2) is 11.6 Å². The molecule has 0 atom stereocenters. The first-order valence-electron chi connectivity index (χ1n) is 4.03. The van der Waals surface area contributed by atoms with Gasteiger partial charge in [-0.2, -0.15) is 0 Å². The maximum absolute atomic E-state index is 13.1. The number of carbonyl (C=O) groups excluding carboxylic acids is 1. The molecule has 1 rings (SSSR count). The van der Waals surface area contributed by atoms with Gasteiger partial charge in [-0.3, -0.25) is 10.0 Å². The lowest BCUT2D eigenvalue weighted by Gasteiger charge is -2.04. The summed E-state index contributed by atoms with van der Waals surface area (Å²) in [6, 6.07) is 0.997. The molecule has 1 aromatic heterocycles. The zero-order chi connectivity index (χ0) is 10.6. The van der Waals surface area contributed by atoms with Gasteiger partial charge in [-0.15, -0.1) is 0 Å². The fourth-order valence-electron chi connectivity index (χ4n) is 0.924. The summed E-state index contributed by atoms with van der Waals surface area (Å²) < 4.78 is 13.1. The minimum Gasteiger partial charge on any atom is -0.368 e. The molecule has 0 aliphatic heterocycles. The van der Waals surface area contributed by atoms with Crippen molar-refractivity contribution in [2.24, 2.45) is 0 Å². The molecule has 0 aliphatic carbocycles. The molecular formula is C8H10FN3O2. The van der Waals surface area contributed by atoms with Crippen molar-refractivity contribution in [2.75, 3.05) is 11.9 Å². The fraction of sp³-hybridized carbons (Fsp3) is 0.250. The average Bonchev–Trinajstić information content (AvgIpc) is 2.20. The molecule has 3 N–H and O–H groups in total. The van der Waals surface area contributed by atoms with Gasteiger partial charge in [0.1, 0.15) is 0 Å². The number of nitrogens with zero attached hydrogens (tertiary/aromatic N) is 1. The Morgan fingerprint density at radius 2 is 2.43 bits per heavy atom. The molecule has 0 bridgehead atoms. The Hall–Kier alpha value is -1.69. The second kappa shape index (κ2) is 4.52. The molecule has 5 nitrogen and oxygen atoms in total. The zero-order valence-corrected chi connectivity index (χ0v) is 7.54. The van der Waals surface area contributed by atoms with Gasteiger partial charge in [-0.1, -0.05) is 0 Å². The number of amides is 1. The number of nitrogens with one attached hydrogen (secondary N) is 2. The van der Waals surface area contributed by atoms with Crippen LogP contribution in [0.4, 0.5) is 10.2 Å². The summed E-state index contributed by atoms with van der Waals surface area (Å²) >= 11 is 0. The van der Waals surface area contributed by atoms with E-state index in [4.69, 9.17) is 5.21 Å². The summed E-state index contributed by atoms with van der Waals surface area (Å²) in [6.07, 6.45) is 1.17. The SMILES string of the molecule is CCNc1ncc(C(=O)NO)cc1F. The molecular weight excluding hydrogens is 189 g/mol. The monoisotopic (exact) mass is 199 g/mol. The second-order valence-electron chi connectivity index (χ2n) is 2.53. The number of hydroxylamine groups is 1. The molecule has 0 aliphatic rings. The highest BCUT2D eigenvalue weighted by molar-refractivity contribution is 5.93. The molecule has 0 saturated carbocycles. The minimum atomic E-state index is -0.792. The second-order valence-corrected chi connectivity index (χ2v) is 2.53. The molecule has 0 spiro atoms. The van der Waals surface area contributed by atoms with Crippen LogP contribution in [0.1, 0.15) is 17.3 Å². The first-order valence-corrected chi connectivity index (χ1v) is 4.03.